The summed E-state index contributed by atoms with van der Waals surface area (Å²) in [5, 5.41) is 5.58. The number of anilines is 2. The standard InChI is InChI=1S/C25H31N5O4/c1-34-21-9-7-20(8-10-21)29-15-13-28(14-16-29)18-24(32)30-12-11-26-25(33)22(30)17-23(31)27-19-5-3-2-4-6-19/h2-10,22H,11-18H2,1H3,(H,26,33)(H,27,31). The summed E-state index contributed by atoms with van der Waals surface area (Å²) in [6, 6.07) is 16.3. The lowest BCUT2D eigenvalue weighted by molar-refractivity contribution is -0.145. The Morgan fingerprint density at radius 1 is 1.00 bits per heavy atom. The Morgan fingerprint density at radius 2 is 1.71 bits per heavy atom. The molecule has 1 unspecified atom stereocenters. The highest BCUT2D eigenvalue weighted by Gasteiger charge is 2.35. The molecular weight excluding hydrogens is 434 g/mol. The number of piperazine rings is 2. The molecule has 2 N–H and O–H groups in total. The number of methoxy groups -OCH3 is 1. The molecule has 34 heavy (non-hydrogen) atoms. The van der Waals surface area contributed by atoms with E-state index in [1.54, 1.807) is 24.1 Å². The summed E-state index contributed by atoms with van der Waals surface area (Å²) >= 11 is 0. The number of nitrogens with zero attached hydrogens (tertiary/aromatic N) is 3. The fraction of sp³-hybridized carbons (Fsp3) is 0.400. The highest BCUT2D eigenvalue weighted by molar-refractivity contribution is 5.97. The minimum absolute atomic E-state index is 0.0717. The number of nitrogens with one attached hydrogen (secondary N) is 2. The molecule has 9 heteroatoms. The number of para-hydroxylation sites is 1. The summed E-state index contributed by atoms with van der Waals surface area (Å²) < 4.78 is 5.22. The Labute approximate surface area is 199 Å². The molecule has 3 amide bonds. The number of ether oxygens (including phenoxy) is 1. The minimum Gasteiger partial charge on any atom is -0.497 e. The van der Waals surface area contributed by atoms with Crippen molar-refractivity contribution in [3.05, 3.63) is 54.6 Å². The molecule has 9 nitrogen and oxygen atoms in total. The van der Waals surface area contributed by atoms with Crippen LogP contribution in [0, 0.1) is 0 Å². The van der Waals surface area contributed by atoms with E-state index in [0.29, 0.717) is 18.8 Å². The van der Waals surface area contributed by atoms with Gasteiger partial charge < -0.3 is 25.2 Å². The molecule has 2 saturated heterocycles. The van der Waals surface area contributed by atoms with Gasteiger partial charge in [0.2, 0.25) is 17.7 Å². The topological polar surface area (TPSA) is 94.2 Å². The zero-order chi connectivity index (χ0) is 23.9. The number of carbonyl (C=O) groups is 3. The lowest BCUT2D eigenvalue weighted by Crippen LogP contribution is -2.60. The molecule has 0 radical (unpaired) electrons. The van der Waals surface area contributed by atoms with Crippen molar-refractivity contribution < 1.29 is 19.1 Å². The fourth-order valence-electron chi connectivity index (χ4n) is 4.36. The highest BCUT2D eigenvalue weighted by Crippen LogP contribution is 2.21. The molecule has 2 heterocycles. The molecule has 0 spiro atoms. The second-order valence-electron chi connectivity index (χ2n) is 8.47. The molecule has 2 aliphatic rings. The van der Waals surface area contributed by atoms with Gasteiger partial charge in [0.15, 0.2) is 0 Å². The lowest BCUT2D eigenvalue weighted by Gasteiger charge is -2.39. The SMILES string of the molecule is COc1ccc(N2CCN(CC(=O)N3CCNC(=O)C3CC(=O)Nc3ccccc3)CC2)cc1. The van der Waals surface area contributed by atoms with Crippen molar-refractivity contribution in [2.45, 2.75) is 12.5 Å². The van der Waals surface area contributed by atoms with E-state index < -0.39 is 6.04 Å². The Bertz CT molecular complexity index is 990. The van der Waals surface area contributed by atoms with E-state index >= 15 is 0 Å². The largest absolute Gasteiger partial charge is 0.497 e. The number of benzene rings is 2. The third-order valence-corrected chi connectivity index (χ3v) is 6.26. The van der Waals surface area contributed by atoms with Crippen molar-refractivity contribution in [3.63, 3.8) is 0 Å². The van der Waals surface area contributed by atoms with E-state index in [9.17, 15) is 14.4 Å². The molecule has 2 aromatic rings. The maximum absolute atomic E-state index is 13.1. The summed E-state index contributed by atoms with van der Waals surface area (Å²) in [4.78, 5) is 44.1. The Balaban J connectivity index is 1.31. The molecule has 4 rings (SSSR count). The van der Waals surface area contributed by atoms with Gasteiger partial charge in [0.25, 0.3) is 0 Å². The van der Waals surface area contributed by atoms with E-state index in [-0.39, 0.29) is 30.7 Å². The predicted octanol–water partition coefficient (Wildman–Crippen LogP) is 1.17. The van der Waals surface area contributed by atoms with Gasteiger partial charge in [0.1, 0.15) is 11.8 Å². The predicted molar refractivity (Wildman–Crippen MR) is 130 cm³/mol. The van der Waals surface area contributed by atoms with E-state index in [1.807, 2.05) is 42.5 Å². The second-order valence-corrected chi connectivity index (χ2v) is 8.47. The van der Waals surface area contributed by atoms with Crippen LogP contribution in [0.2, 0.25) is 0 Å². The van der Waals surface area contributed by atoms with Gasteiger partial charge in [-0.25, -0.2) is 0 Å². The monoisotopic (exact) mass is 465 g/mol. The first-order chi connectivity index (χ1) is 16.5. The molecule has 2 fully saturated rings. The van der Waals surface area contributed by atoms with Crippen LogP contribution in [0.5, 0.6) is 5.75 Å². The average molecular weight is 466 g/mol. The van der Waals surface area contributed by atoms with Crippen LogP contribution in [0.3, 0.4) is 0 Å². The third-order valence-electron chi connectivity index (χ3n) is 6.26. The maximum Gasteiger partial charge on any atom is 0.243 e. The van der Waals surface area contributed by atoms with Crippen molar-refractivity contribution in [1.82, 2.24) is 15.1 Å². The van der Waals surface area contributed by atoms with Crippen molar-refractivity contribution in [3.8, 4) is 5.75 Å². The van der Waals surface area contributed by atoms with Crippen LogP contribution in [0.15, 0.2) is 54.6 Å². The quantitative estimate of drug-likeness (QED) is 0.638. The first-order valence-corrected chi connectivity index (χ1v) is 11.6. The van der Waals surface area contributed by atoms with Gasteiger partial charge in [0.05, 0.1) is 20.1 Å². The van der Waals surface area contributed by atoms with Crippen LogP contribution >= 0.6 is 0 Å². The Morgan fingerprint density at radius 3 is 2.38 bits per heavy atom. The van der Waals surface area contributed by atoms with Crippen molar-refractivity contribution in [2.75, 3.05) is 63.1 Å². The Hall–Kier alpha value is -3.59. The van der Waals surface area contributed by atoms with Crippen molar-refractivity contribution in [2.24, 2.45) is 0 Å². The zero-order valence-corrected chi connectivity index (χ0v) is 19.4. The van der Waals surface area contributed by atoms with Gasteiger partial charge >= 0.3 is 0 Å². The van der Waals surface area contributed by atoms with E-state index in [2.05, 4.69) is 20.4 Å². The van der Waals surface area contributed by atoms with Gasteiger partial charge in [-0.05, 0) is 36.4 Å². The average Bonchev–Trinajstić information content (AvgIpc) is 2.86. The van der Waals surface area contributed by atoms with Crippen LogP contribution in [-0.4, -0.2) is 86.5 Å². The van der Waals surface area contributed by atoms with Gasteiger partial charge in [-0.3, -0.25) is 19.3 Å². The normalized spacial score (nSPS) is 18.9. The maximum atomic E-state index is 13.1. The van der Waals surface area contributed by atoms with E-state index in [1.165, 1.54) is 0 Å². The molecule has 0 aromatic heterocycles. The number of carbonyl (C=O) groups excluding carboxylic acids is 3. The van der Waals surface area contributed by atoms with Gasteiger partial charge in [-0.2, -0.15) is 0 Å². The second kappa shape index (κ2) is 11.0. The molecule has 1 atom stereocenters. The summed E-state index contributed by atoms with van der Waals surface area (Å²) in [5.41, 5.74) is 1.79. The summed E-state index contributed by atoms with van der Waals surface area (Å²) in [5.74, 6) is 0.127. The number of amides is 3. The number of rotatable bonds is 7. The molecule has 180 valence electrons. The van der Waals surface area contributed by atoms with Gasteiger partial charge in [0, 0.05) is 50.6 Å². The smallest absolute Gasteiger partial charge is 0.243 e. The Kier molecular flexibility index (Phi) is 7.64. The lowest BCUT2D eigenvalue weighted by atomic mass is 10.1. The third kappa shape index (κ3) is 5.85. The molecule has 0 bridgehead atoms. The van der Waals surface area contributed by atoms with Crippen LogP contribution in [0.25, 0.3) is 0 Å². The molecule has 0 aliphatic carbocycles. The summed E-state index contributed by atoms with van der Waals surface area (Å²) in [7, 11) is 1.65. The van der Waals surface area contributed by atoms with Crippen LogP contribution in [0.4, 0.5) is 11.4 Å². The van der Waals surface area contributed by atoms with Crippen molar-refractivity contribution >= 4 is 29.1 Å². The van der Waals surface area contributed by atoms with E-state index in [0.717, 1.165) is 37.6 Å². The molecular formula is C25H31N5O4. The molecule has 2 aromatic carbocycles. The van der Waals surface area contributed by atoms with Crippen LogP contribution in [-0.2, 0) is 14.4 Å². The number of hydrogen-bond donors (Lipinski definition) is 2. The van der Waals surface area contributed by atoms with Gasteiger partial charge in [-0.15, -0.1) is 0 Å². The zero-order valence-electron chi connectivity index (χ0n) is 19.4. The van der Waals surface area contributed by atoms with Crippen LogP contribution in [0.1, 0.15) is 6.42 Å². The summed E-state index contributed by atoms with van der Waals surface area (Å²) in [6.07, 6.45) is -0.0717. The molecule has 0 saturated carbocycles. The fourth-order valence-corrected chi connectivity index (χ4v) is 4.36. The highest BCUT2D eigenvalue weighted by atomic mass is 16.5. The number of hydrogen-bond acceptors (Lipinski definition) is 6. The van der Waals surface area contributed by atoms with E-state index in [4.69, 9.17) is 4.74 Å². The molecule has 2 aliphatic heterocycles. The first-order valence-electron chi connectivity index (χ1n) is 11.6. The minimum atomic E-state index is -0.800. The first kappa shape index (κ1) is 23.6. The van der Waals surface area contributed by atoms with Gasteiger partial charge in [-0.1, -0.05) is 18.2 Å². The van der Waals surface area contributed by atoms with Crippen LogP contribution < -0.4 is 20.3 Å². The summed E-state index contributed by atoms with van der Waals surface area (Å²) in [6.45, 7) is 4.15. The van der Waals surface area contributed by atoms with Crippen molar-refractivity contribution in [1.29, 1.82) is 0 Å².